The summed E-state index contributed by atoms with van der Waals surface area (Å²) in [5, 5.41) is 20.7. The molecule has 164 valence electrons. The van der Waals surface area contributed by atoms with Crippen LogP contribution >= 0.6 is 0 Å². The van der Waals surface area contributed by atoms with Crippen LogP contribution in [0.2, 0.25) is 0 Å². The van der Waals surface area contributed by atoms with E-state index in [1.165, 1.54) is 12.8 Å². The highest BCUT2D eigenvalue weighted by atomic mass is 15.7. The van der Waals surface area contributed by atoms with E-state index in [9.17, 15) is 0 Å². The van der Waals surface area contributed by atoms with Crippen LogP contribution in [0, 0.1) is 17.4 Å². The van der Waals surface area contributed by atoms with Crippen molar-refractivity contribution in [3.8, 4) is 0 Å². The Balaban J connectivity index is -0.000000398. The Bertz CT molecular complexity index is 359. The van der Waals surface area contributed by atoms with Crippen LogP contribution in [0.4, 0.5) is 0 Å². The van der Waals surface area contributed by atoms with Crippen LogP contribution in [0.15, 0.2) is 26.1 Å². The van der Waals surface area contributed by atoms with Crippen LogP contribution in [-0.2, 0) is 0 Å². The minimum absolute atomic E-state index is 0. The fourth-order valence-electron chi connectivity index (χ4n) is 2.51. The van der Waals surface area contributed by atoms with E-state index in [-0.39, 0.29) is 19.6 Å². The maximum absolute atomic E-state index is 6.63. The summed E-state index contributed by atoms with van der Waals surface area (Å²) in [7, 11) is 1.74. The summed E-state index contributed by atoms with van der Waals surface area (Å²) in [5.41, 5.74) is 6.63. The van der Waals surface area contributed by atoms with E-state index in [0.717, 1.165) is 6.42 Å². The molecule has 0 aromatic carbocycles. The lowest BCUT2D eigenvalue weighted by molar-refractivity contribution is 0.0251. The maximum Gasteiger partial charge on any atom is 0.134 e. The van der Waals surface area contributed by atoms with Gasteiger partial charge >= 0.3 is 0 Å². The molecule has 0 aromatic rings. The molecule has 0 fully saturated rings. The number of rotatable bonds is 10. The fraction of sp³-hybridized carbons (Fsp3) is 1.00. The Morgan fingerprint density at radius 2 is 1.44 bits per heavy atom. The third-order valence-electron chi connectivity index (χ3n) is 3.37. The molecule has 0 aromatic heterocycles. The van der Waals surface area contributed by atoms with Crippen LogP contribution in [0.3, 0.4) is 0 Å². The van der Waals surface area contributed by atoms with Gasteiger partial charge in [-0.05, 0) is 54.2 Å². The van der Waals surface area contributed by atoms with Crippen molar-refractivity contribution in [3.63, 3.8) is 0 Å². The van der Waals surface area contributed by atoms with Crippen molar-refractivity contribution < 1.29 is 0 Å². The molecule has 0 rings (SSSR count). The van der Waals surface area contributed by atoms with E-state index in [2.05, 4.69) is 67.7 Å². The van der Waals surface area contributed by atoms with Crippen molar-refractivity contribution in [2.45, 2.75) is 101 Å². The van der Waals surface area contributed by atoms with Gasteiger partial charge in [0, 0.05) is 13.1 Å². The van der Waals surface area contributed by atoms with Crippen LogP contribution in [0.5, 0.6) is 0 Å². The zero-order chi connectivity index (χ0) is 21.1. The first kappa shape index (κ1) is 32.8. The fourth-order valence-corrected chi connectivity index (χ4v) is 2.51. The first-order chi connectivity index (χ1) is 12.2. The summed E-state index contributed by atoms with van der Waals surface area (Å²) in [6, 6.07) is 0.159. The molecule has 0 bridgehead atoms. The number of hydrogen-bond acceptors (Lipinski definition) is 4. The van der Waals surface area contributed by atoms with Crippen molar-refractivity contribution in [1.82, 2.24) is 10.0 Å². The van der Waals surface area contributed by atoms with Crippen molar-refractivity contribution in [3.05, 3.63) is 0 Å². The topological polar surface area (TPSA) is 118 Å². The molecular formula is C18H47N9. The van der Waals surface area contributed by atoms with Crippen molar-refractivity contribution >= 4 is 0 Å². The van der Waals surface area contributed by atoms with Crippen LogP contribution in [0.25, 0.3) is 0 Å². The van der Waals surface area contributed by atoms with Gasteiger partial charge in [0.15, 0.2) is 0 Å². The van der Waals surface area contributed by atoms with Crippen LogP contribution in [-0.4, -0.2) is 29.3 Å². The molecule has 9 heteroatoms. The van der Waals surface area contributed by atoms with Gasteiger partial charge in [-0.2, -0.15) is 5.53 Å². The predicted molar refractivity (Wildman–Crippen MR) is 115 cm³/mol. The molecule has 0 saturated carbocycles. The zero-order valence-corrected chi connectivity index (χ0v) is 18.6. The summed E-state index contributed by atoms with van der Waals surface area (Å²) in [4.78, 5) is 0. The molecule has 27 heavy (non-hydrogen) atoms. The Labute approximate surface area is 168 Å². The van der Waals surface area contributed by atoms with E-state index in [4.69, 9.17) is 11.4 Å². The lowest BCUT2D eigenvalue weighted by Crippen LogP contribution is -2.44. The molecule has 0 heterocycles. The SMILES string of the molecule is C.CC.CC(C)CC(C)CC(C)N(/N=N/N)C(C)N(C)/N=N/N=N.CCC. The number of nitrogens with zero attached hydrogens (tertiary/aromatic N) is 7. The molecule has 3 atom stereocenters. The van der Waals surface area contributed by atoms with Gasteiger partial charge < -0.3 is 5.84 Å². The molecule has 0 aliphatic rings. The first-order valence-electron chi connectivity index (χ1n) is 9.64. The van der Waals surface area contributed by atoms with Crippen LogP contribution < -0.4 is 5.84 Å². The Kier molecular flexibility index (Phi) is 27.0. The molecule has 0 spiro atoms. The largest absolute Gasteiger partial charge is 0.303 e. The maximum atomic E-state index is 6.63. The minimum atomic E-state index is -0.191. The minimum Gasteiger partial charge on any atom is -0.303 e. The van der Waals surface area contributed by atoms with E-state index < -0.39 is 0 Å². The van der Waals surface area contributed by atoms with E-state index >= 15 is 0 Å². The highest BCUT2D eigenvalue weighted by molar-refractivity contribution is 4.71. The van der Waals surface area contributed by atoms with Gasteiger partial charge in [0.2, 0.25) is 0 Å². The van der Waals surface area contributed by atoms with Gasteiger partial charge in [-0.3, -0.25) is 10.0 Å². The standard InChI is InChI=1S/C12H29N9.C3H8.C2H6.CH4/c1-9(2)7-10(3)8-11(4)21(18-16-14)12(5)20(6)19-17-15-13;1-3-2;1-2;/h9-13H,7-8H2,1-6H3,(H2,14,18);3H2,1-2H3;1-2H3;1H4/b15-13?,19-17+;;;. The van der Waals surface area contributed by atoms with E-state index in [0.29, 0.717) is 11.8 Å². The molecule has 0 radical (unpaired) electrons. The van der Waals surface area contributed by atoms with Gasteiger partial charge in [0.25, 0.3) is 0 Å². The van der Waals surface area contributed by atoms with Gasteiger partial charge in [-0.25, -0.2) is 0 Å². The predicted octanol–water partition coefficient (Wildman–Crippen LogP) is 6.66. The zero-order valence-electron chi connectivity index (χ0n) is 18.6. The summed E-state index contributed by atoms with van der Waals surface area (Å²) in [5.74, 6) is 6.46. The molecular weight excluding hydrogens is 342 g/mol. The van der Waals surface area contributed by atoms with Gasteiger partial charge in [-0.1, -0.05) is 72.8 Å². The smallest absolute Gasteiger partial charge is 0.134 e. The first-order valence-corrected chi connectivity index (χ1v) is 9.64. The number of nitrogens with two attached hydrogens (primary N) is 1. The molecule has 0 amide bonds. The highest BCUT2D eigenvalue weighted by Crippen LogP contribution is 2.21. The quantitative estimate of drug-likeness (QED) is 0.188. The van der Waals surface area contributed by atoms with Crippen molar-refractivity contribution in [2.24, 2.45) is 43.8 Å². The second-order valence-corrected chi connectivity index (χ2v) is 6.60. The average Bonchev–Trinajstić information content (AvgIpc) is 2.58. The monoisotopic (exact) mass is 389 g/mol. The summed E-state index contributed by atoms with van der Waals surface area (Å²) >= 11 is 0. The van der Waals surface area contributed by atoms with Crippen molar-refractivity contribution in [1.29, 1.82) is 5.53 Å². The molecule has 3 N–H and O–H groups in total. The second-order valence-electron chi connectivity index (χ2n) is 6.60. The Morgan fingerprint density at radius 1 is 0.963 bits per heavy atom. The highest BCUT2D eigenvalue weighted by Gasteiger charge is 2.24. The number of nitrogens with one attached hydrogen (secondary N) is 1. The van der Waals surface area contributed by atoms with E-state index in [1.807, 2.05) is 20.8 Å². The molecule has 0 saturated heterocycles. The molecule has 0 aliphatic carbocycles. The van der Waals surface area contributed by atoms with Gasteiger partial charge in [0.05, 0.1) is 0 Å². The summed E-state index contributed by atoms with van der Waals surface area (Å²) in [6.07, 6.45) is 3.21. The molecule has 0 aliphatic heterocycles. The lowest BCUT2D eigenvalue weighted by atomic mass is 9.93. The normalized spacial score (nSPS) is 13.6. The second kappa shape index (κ2) is 22.2. The summed E-state index contributed by atoms with van der Waals surface area (Å²) in [6.45, 7) is 18.9. The number of hydrogen-bond donors (Lipinski definition) is 2. The molecule has 3 unspecified atom stereocenters. The molecule has 9 nitrogen and oxygen atoms in total. The van der Waals surface area contributed by atoms with Crippen molar-refractivity contribution in [2.75, 3.05) is 7.05 Å². The van der Waals surface area contributed by atoms with Gasteiger partial charge in [0.1, 0.15) is 6.17 Å². The van der Waals surface area contributed by atoms with Gasteiger partial charge in [-0.15, -0.1) is 0 Å². The Morgan fingerprint density at radius 3 is 1.81 bits per heavy atom. The summed E-state index contributed by atoms with van der Waals surface area (Å²) < 4.78 is 0. The third kappa shape index (κ3) is 18.8. The Hall–Kier alpha value is -1.80. The average molecular weight is 390 g/mol. The third-order valence-corrected chi connectivity index (χ3v) is 3.37. The van der Waals surface area contributed by atoms with Crippen LogP contribution in [0.1, 0.15) is 89.0 Å². The van der Waals surface area contributed by atoms with E-state index in [1.54, 1.807) is 17.1 Å². The lowest BCUT2D eigenvalue weighted by Gasteiger charge is -2.35.